The normalized spacial score (nSPS) is 25.4. The molecule has 1 aliphatic heterocycles. The second-order valence-corrected chi connectivity index (χ2v) is 5.53. The lowest BCUT2D eigenvalue weighted by Gasteiger charge is -2.24. The van der Waals surface area contributed by atoms with Gasteiger partial charge >= 0.3 is 12.3 Å². The van der Waals surface area contributed by atoms with E-state index < -0.39 is 29.7 Å². The Balaban J connectivity index is 2.70. The quantitative estimate of drug-likeness (QED) is 0.791. The predicted octanol–water partition coefficient (Wildman–Crippen LogP) is 1.99. The molecule has 1 fully saturated rings. The van der Waals surface area contributed by atoms with Gasteiger partial charge in [-0.3, -0.25) is 0 Å². The van der Waals surface area contributed by atoms with Crippen molar-refractivity contribution in [1.29, 1.82) is 0 Å². The molecule has 18 heavy (non-hydrogen) atoms. The summed E-state index contributed by atoms with van der Waals surface area (Å²) < 4.78 is 43.3. The Morgan fingerprint density at radius 2 is 1.89 bits per heavy atom. The van der Waals surface area contributed by atoms with Crippen LogP contribution in [0.15, 0.2) is 0 Å². The molecule has 0 aliphatic carbocycles. The first-order chi connectivity index (χ1) is 8.04. The molecule has 1 saturated heterocycles. The molecule has 0 unspecified atom stereocenters. The molecule has 1 rings (SSSR count). The summed E-state index contributed by atoms with van der Waals surface area (Å²) in [7, 11) is 0. The molecule has 1 amide bonds. The van der Waals surface area contributed by atoms with E-state index in [1.54, 1.807) is 20.8 Å². The van der Waals surface area contributed by atoms with Crippen LogP contribution in [0.25, 0.3) is 0 Å². The number of rotatable bonds is 1. The molecule has 0 saturated carbocycles. The van der Waals surface area contributed by atoms with Gasteiger partial charge < -0.3 is 15.4 Å². The van der Waals surface area contributed by atoms with Crippen molar-refractivity contribution in [3.05, 3.63) is 0 Å². The third kappa shape index (κ3) is 3.76. The van der Waals surface area contributed by atoms with E-state index in [-0.39, 0.29) is 19.6 Å². The fourth-order valence-electron chi connectivity index (χ4n) is 1.96. The van der Waals surface area contributed by atoms with Crippen LogP contribution in [0.1, 0.15) is 20.8 Å². The minimum absolute atomic E-state index is 0.00438. The zero-order valence-electron chi connectivity index (χ0n) is 10.8. The number of nitrogens with two attached hydrogens (primary N) is 1. The van der Waals surface area contributed by atoms with Crippen LogP contribution >= 0.6 is 0 Å². The van der Waals surface area contributed by atoms with E-state index in [2.05, 4.69) is 0 Å². The van der Waals surface area contributed by atoms with E-state index in [0.29, 0.717) is 0 Å². The first kappa shape index (κ1) is 15.1. The second kappa shape index (κ2) is 4.95. The Morgan fingerprint density at radius 1 is 1.33 bits per heavy atom. The maximum atomic E-state index is 12.7. The highest BCUT2D eigenvalue weighted by Crippen LogP contribution is 2.37. The number of halogens is 3. The predicted molar refractivity (Wildman–Crippen MR) is 59.9 cm³/mol. The van der Waals surface area contributed by atoms with Crippen molar-refractivity contribution in [2.45, 2.75) is 32.5 Å². The molecule has 2 N–H and O–H groups in total. The topological polar surface area (TPSA) is 55.6 Å². The van der Waals surface area contributed by atoms with E-state index in [1.807, 2.05) is 0 Å². The second-order valence-electron chi connectivity index (χ2n) is 5.53. The molecular formula is C11H19F3N2O2. The van der Waals surface area contributed by atoms with Gasteiger partial charge in [-0.1, -0.05) is 0 Å². The Labute approximate surface area is 104 Å². The van der Waals surface area contributed by atoms with Crippen molar-refractivity contribution < 1.29 is 22.7 Å². The van der Waals surface area contributed by atoms with E-state index in [0.717, 1.165) is 4.90 Å². The molecule has 1 heterocycles. The summed E-state index contributed by atoms with van der Waals surface area (Å²) in [5.41, 5.74) is 4.62. The average molecular weight is 268 g/mol. The number of hydrogen-bond acceptors (Lipinski definition) is 3. The highest BCUT2D eigenvalue weighted by atomic mass is 19.4. The van der Waals surface area contributed by atoms with Gasteiger partial charge in [-0.05, 0) is 27.3 Å². The van der Waals surface area contributed by atoms with Crippen LogP contribution in [0.3, 0.4) is 0 Å². The minimum Gasteiger partial charge on any atom is -0.444 e. The van der Waals surface area contributed by atoms with Crippen LogP contribution in [-0.2, 0) is 4.74 Å². The summed E-state index contributed by atoms with van der Waals surface area (Å²) in [5, 5.41) is 0. The first-order valence-electron chi connectivity index (χ1n) is 5.79. The van der Waals surface area contributed by atoms with Crippen molar-refractivity contribution >= 4 is 6.09 Å². The number of alkyl halides is 3. The minimum atomic E-state index is -4.33. The number of hydrogen-bond donors (Lipinski definition) is 1. The highest BCUT2D eigenvalue weighted by molar-refractivity contribution is 5.68. The Bertz CT molecular complexity index is 312. The molecule has 2 atom stereocenters. The van der Waals surface area contributed by atoms with E-state index in [4.69, 9.17) is 10.5 Å². The van der Waals surface area contributed by atoms with Gasteiger partial charge in [-0.15, -0.1) is 0 Å². The van der Waals surface area contributed by atoms with Crippen molar-refractivity contribution in [3.63, 3.8) is 0 Å². The molecule has 4 nitrogen and oxygen atoms in total. The molecule has 0 aromatic rings. The maximum absolute atomic E-state index is 12.7. The maximum Gasteiger partial charge on any atom is 0.410 e. The molecule has 0 aromatic carbocycles. The van der Waals surface area contributed by atoms with Gasteiger partial charge in [0.2, 0.25) is 0 Å². The molecule has 0 spiro atoms. The smallest absolute Gasteiger partial charge is 0.410 e. The van der Waals surface area contributed by atoms with Gasteiger partial charge in [0.05, 0.1) is 5.92 Å². The summed E-state index contributed by atoms with van der Waals surface area (Å²) in [5.74, 6) is -2.31. The Morgan fingerprint density at radius 3 is 2.22 bits per heavy atom. The molecule has 106 valence electrons. The fraction of sp³-hybridized carbons (Fsp3) is 0.909. The Kier molecular flexibility index (Phi) is 4.15. The largest absolute Gasteiger partial charge is 0.444 e. The van der Waals surface area contributed by atoms with E-state index in [9.17, 15) is 18.0 Å². The van der Waals surface area contributed by atoms with Gasteiger partial charge in [0.25, 0.3) is 0 Å². The first-order valence-corrected chi connectivity index (χ1v) is 5.79. The van der Waals surface area contributed by atoms with Crippen LogP contribution in [0.2, 0.25) is 0 Å². The number of carbonyl (C=O) groups is 1. The van der Waals surface area contributed by atoms with Gasteiger partial charge in [0.1, 0.15) is 5.60 Å². The number of nitrogens with zero attached hydrogens (tertiary/aromatic N) is 1. The highest BCUT2D eigenvalue weighted by Gasteiger charge is 2.50. The summed E-state index contributed by atoms with van der Waals surface area (Å²) in [6, 6.07) is 0. The lowest BCUT2D eigenvalue weighted by Crippen LogP contribution is -2.36. The molecule has 0 bridgehead atoms. The molecule has 0 aromatic heterocycles. The lowest BCUT2D eigenvalue weighted by atomic mass is 9.96. The SMILES string of the molecule is CC(C)(C)OC(=O)N1C[C@H](CN)[C@H](C(F)(F)F)C1. The molecule has 1 aliphatic rings. The van der Waals surface area contributed by atoms with Crippen LogP contribution in [0.5, 0.6) is 0 Å². The number of likely N-dealkylation sites (tertiary alicyclic amines) is 1. The van der Waals surface area contributed by atoms with Crippen LogP contribution in [-0.4, -0.2) is 42.4 Å². The molecule has 7 heteroatoms. The van der Waals surface area contributed by atoms with Crippen molar-refractivity contribution in [2.75, 3.05) is 19.6 Å². The van der Waals surface area contributed by atoms with E-state index in [1.165, 1.54) is 0 Å². The Hall–Kier alpha value is -0.980. The summed E-state index contributed by atoms with van der Waals surface area (Å²) in [6.45, 7) is 4.53. The van der Waals surface area contributed by atoms with Gasteiger partial charge in [-0.2, -0.15) is 13.2 Å². The average Bonchev–Trinajstić information content (AvgIpc) is 2.57. The third-order valence-corrected chi connectivity index (χ3v) is 2.82. The lowest BCUT2D eigenvalue weighted by molar-refractivity contribution is -0.179. The third-order valence-electron chi connectivity index (χ3n) is 2.82. The van der Waals surface area contributed by atoms with Gasteiger partial charge in [0.15, 0.2) is 0 Å². The van der Waals surface area contributed by atoms with Crippen LogP contribution in [0, 0.1) is 11.8 Å². The van der Waals surface area contributed by atoms with Crippen molar-refractivity contribution in [2.24, 2.45) is 17.6 Å². The number of ether oxygens (including phenoxy) is 1. The molecule has 0 radical (unpaired) electrons. The number of carbonyl (C=O) groups excluding carboxylic acids is 1. The van der Waals surface area contributed by atoms with Gasteiger partial charge in [0, 0.05) is 19.0 Å². The zero-order chi connectivity index (χ0) is 14.1. The summed E-state index contributed by atoms with van der Waals surface area (Å²) in [4.78, 5) is 12.8. The fourth-order valence-corrected chi connectivity index (χ4v) is 1.96. The van der Waals surface area contributed by atoms with Crippen molar-refractivity contribution in [3.8, 4) is 0 Å². The zero-order valence-corrected chi connectivity index (χ0v) is 10.8. The summed E-state index contributed by atoms with van der Waals surface area (Å²) in [6.07, 6.45) is -5.05. The van der Waals surface area contributed by atoms with Gasteiger partial charge in [-0.25, -0.2) is 4.79 Å². The van der Waals surface area contributed by atoms with E-state index >= 15 is 0 Å². The van der Waals surface area contributed by atoms with Crippen molar-refractivity contribution in [1.82, 2.24) is 4.90 Å². The standard InChI is InChI=1S/C11H19F3N2O2/c1-10(2,3)18-9(17)16-5-7(4-15)8(6-16)11(12,13)14/h7-8H,4-6,15H2,1-3H3/t7-,8+/m0/s1. The monoisotopic (exact) mass is 268 g/mol. The van der Waals surface area contributed by atoms with Crippen LogP contribution in [0.4, 0.5) is 18.0 Å². The number of amides is 1. The van der Waals surface area contributed by atoms with Crippen LogP contribution < -0.4 is 5.73 Å². The molecular weight excluding hydrogens is 249 g/mol. The summed E-state index contributed by atoms with van der Waals surface area (Å²) >= 11 is 0.